The quantitative estimate of drug-likeness (QED) is 0.841. The standard InChI is InChI=1S/C15H22N2O4S/c1-15(6-8-22(19,20)11-15)16-14(18)10-17(12-4-5-12)9-13-3-2-7-21-13/h2-3,7,12H,4-6,8-11H2,1H3,(H,16,18)/t15-/m1/s1. The minimum Gasteiger partial charge on any atom is -0.468 e. The third kappa shape index (κ3) is 3.89. The summed E-state index contributed by atoms with van der Waals surface area (Å²) in [6.07, 6.45) is 4.31. The molecule has 1 aromatic rings. The fourth-order valence-electron chi connectivity index (χ4n) is 3.03. The van der Waals surface area contributed by atoms with E-state index in [1.165, 1.54) is 0 Å². The van der Waals surface area contributed by atoms with Crippen molar-refractivity contribution in [2.24, 2.45) is 0 Å². The highest BCUT2D eigenvalue weighted by Gasteiger charge is 2.40. The van der Waals surface area contributed by atoms with Crippen molar-refractivity contribution >= 4 is 15.7 Å². The SMILES string of the molecule is C[C@@]1(NC(=O)CN(Cc2ccco2)C2CC2)CCS(=O)(=O)C1. The van der Waals surface area contributed by atoms with Gasteiger partial charge in [0.15, 0.2) is 9.84 Å². The van der Waals surface area contributed by atoms with Gasteiger partial charge in [0.25, 0.3) is 0 Å². The Morgan fingerprint density at radius 2 is 2.27 bits per heavy atom. The average molecular weight is 326 g/mol. The molecule has 2 aliphatic rings. The van der Waals surface area contributed by atoms with Gasteiger partial charge in [0.05, 0.1) is 36.4 Å². The van der Waals surface area contributed by atoms with Crippen molar-refractivity contribution in [3.63, 3.8) is 0 Å². The normalized spacial score (nSPS) is 27.2. The van der Waals surface area contributed by atoms with E-state index < -0.39 is 15.4 Å². The second-order valence-electron chi connectivity index (χ2n) is 6.67. The van der Waals surface area contributed by atoms with E-state index in [0.29, 0.717) is 19.0 Å². The number of hydrogen-bond acceptors (Lipinski definition) is 5. The van der Waals surface area contributed by atoms with Crippen LogP contribution in [-0.2, 0) is 21.2 Å². The van der Waals surface area contributed by atoms with E-state index in [0.717, 1.165) is 18.6 Å². The summed E-state index contributed by atoms with van der Waals surface area (Å²) >= 11 is 0. The van der Waals surface area contributed by atoms with Crippen LogP contribution in [0.3, 0.4) is 0 Å². The van der Waals surface area contributed by atoms with Gasteiger partial charge in [-0.2, -0.15) is 0 Å². The zero-order valence-corrected chi connectivity index (χ0v) is 13.6. The largest absolute Gasteiger partial charge is 0.468 e. The molecule has 2 fully saturated rings. The van der Waals surface area contributed by atoms with Crippen LogP contribution in [0.2, 0.25) is 0 Å². The molecule has 1 saturated carbocycles. The zero-order chi connectivity index (χ0) is 15.8. The summed E-state index contributed by atoms with van der Waals surface area (Å²) in [4.78, 5) is 14.4. The Hall–Kier alpha value is -1.34. The van der Waals surface area contributed by atoms with Gasteiger partial charge in [-0.15, -0.1) is 0 Å². The first-order valence-electron chi connectivity index (χ1n) is 7.63. The molecule has 0 spiro atoms. The van der Waals surface area contributed by atoms with Gasteiger partial charge in [0.2, 0.25) is 5.91 Å². The number of carbonyl (C=O) groups excluding carboxylic acids is 1. The van der Waals surface area contributed by atoms with Crippen molar-refractivity contribution in [1.82, 2.24) is 10.2 Å². The number of carbonyl (C=O) groups is 1. The first-order chi connectivity index (χ1) is 10.4. The van der Waals surface area contributed by atoms with Gasteiger partial charge in [0, 0.05) is 6.04 Å². The maximum absolute atomic E-state index is 12.3. The topological polar surface area (TPSA) is 79.6 Å². The molecule has 2 heterocycles. The van der Waals surface area contributed by atoms with E-state index in [4.69, 9.17) is 4.42 Å². The first-order valence-corrected chi connectivity index (χ1v) is 9.45. The molecule has 1 atom stereocenters. The summed E-state index contributed by atoms with van der Waals surface area (Å²) in [5.74, 6) is 0.919. The summed E-state index contributed by atoms with van der Waals surface area (Å²) in [5, 5.41) is 2.91. The summed E-state index contributed by atoms with van der Waals surface area (Å²) in [7, 11) is -3.02. The van der Waals surface area contributed by atoms with Crippen molar-refractivity contribution in [2.45, 2.75) is 44.3 Å². The Morgan fingerprint density at radius 1 is 1.50 bits per heavy atom. The molecule has 1 N–H and O–H groups in total. The van der Waals surface area contributed by atoms with Crippen LogP contribution in [-0.4, -0.2) is 48.9 Å². The van der Waals surface area contributed by atoms with Gasteiger partial charge in [-0.3, -0.25) is 9.69 Å². The Morgan fingerprint density at radius 3 is 2.82 bits per heavy atom. The number of rotatable bonds is 6. The van der Waals surface area contributed by atoms with Gasteiger partial charge in [-0.05, 0) is 38.3 Å². The lowest BCUT2D eigenvalue weighted by atomic mass is 10.0. The van der Waals surface area contributed by atoms with Crippen molar-refractivity contribution in [3.05, 3.63) is 24.2 Å². The van der Waals surface area contributed by atoms with Crippen LogP contribution >= 0.6 is 0 Å². The molecule has 0 unspecified atom stereocenters. The number of nitrogens with one attached hydrogen (secondary N) is 1. The van der Waals surface area contributed by atoms with Gasteiger partial charge >= 0.3 is 0 Å². The molecule has 1 aliphatic heterocycles. The molecule has 6 nitrogen and oxygen atoms in total. The molecule has 22 heavy (non-hydrogen) atoms. The van der Waals surface area contributed by atoms with E-state index >= 15 is 0 Å². The lowest BCUT2D eigenvalue weighted by Gasteiger charge is -2.27. The Bertz CT molecular complexity index is 637. The minimum absolute atomic E-state index is 0.0351. The summed E-state index contributed by atoms with van der Waals surface area (Å²) < 4.78 is 28.6. The molecule has 0 bridgehead atoms. The Kier molecular flexibility index (Phi) is 4.03. The summed E-state index contributed by atoms with van der Waals surface area (Å²) in [5.41, 5.74) is -0.629. The molecule has 1 aromatic heterocycles. The van der Waals surface area contributed by atoms with Crippen LogP contribution < -0.4 is 5.32 Å². The van der Waals surface area contributed by atoms with Crippen molar-refractivity contribution < 1.29 is 17.6 Å². The van der Waals surface area contributed by atoms with Gasteiger partial charge in [0.1, 0.15) is 5.76 Å². The van der Waals surface area contributed by atoms with Crippen LogP contribution in [0, 0.1) is 0 Å². The number of sulfone groups is 1. The molecule has 122 valence electrons. The fourth-order valence-corrected chi connectivity index (χ4v) is 5.12. The fraction of sp³-hybridized carbons (Fsp3) is 0.667. The molecule has 7 heteroatoms. The van der Waals surface area contributed by atoms with Gasteiger partial charge in [-0.25, -0.2) is 8.42 Å². The van der Waals surface area contributed by atoms with Crippen LogP contribution in [0.25, 0.3) is 0 Å². The third-order valence-electron chi connectivity index (χ3n) is 4.29. The molecule has 1 saturated heterocycles. The van der Waals surface area contributed by atoms with Gasteiger partial charge in [-0.1, -0.05) is 0 Å². The lowest BCUT2D eigenvalue weighted by molar-refractivity contribution is -0.124. The van der Waals surface area contributed by atoms with Crippen molar-refractivity contribution in [1.29, 1.82) is 0 Å². The Labute approximate surface area is 130 Å². The third-order valence-corrected chi connectivity index (χ3v) is 6.20. The second kappa shape index (κ2) is 5.70. The highest BCUT2D eigenvalue weighted by molar-refractivity contribution is 7.91. The van der Waals surface area contributed by atoms with E-state index in [9.17, 15) is 13.2 Å². The number of hydrogen-bond donors (Lipinski definition) is 1. The highest BCUT2D eigenvalue weighted by atomic mass is 32.2. The van der Waals surface area contributed by atoms with E-state index in [1.807, 2.05) is 19.1 Å². The van der Waals surface area contributed by atoms with Crippen LogP contribution in [0.1, 0.15) is 31.9 Å². The van der Waals surface area contributed by atoms with Crippen molar-refractivity contribution in [2.75, 3.05) is 18.1 Å². The maximum Gasteiger partial charge on any atom is 0.234 e. The molecule has 1 aliphatic carbocycles. The van der Waals surface area contributed by atoms with Crippen LogP contribution in [0.5, 0.6) is 0 Å². The summed E-state index contributed by atoms with van der Waals surface area (Å²) in [6.45, 7) is 2.70. The van der Waals surface area contributed by atoms with E-state index in [1.54, 1.807) is 6.26 Å². The molecule has 3 rings (SSSR count). The molecule has 0 radical (unpaired) electrons. The van der Waals surface area contributed by atoms with Crippen LogP contribution in [0.4, 0.5) is 0 Å². The molecular weight excluding hydrogens is 304 g/mol. The minimum atomic E-state index is -3.02. The smallest absolute Gasteiger partial charge is 0.234 e. The van der Waals surface area contributed by atoms with E-state index in [-0.39, 0.29) is 24.0 Å². The van der Waals surface area contributed by atoms with Gasteiger partial charge < -0.3 is 9.73 Å². The van der Waals surface area contributed by atoms with Crippen LogP contribution in [0.15, 0.2) is 22.8 Å². The zero-order valence-electron chi connectivity index (χ0n) is 12.7. The second-order valence-corrected chi connectivity index (χ2v) is 8.85. The van der Waals surface area contributed by atoms with E-state index in [2.05, 4.69) is 10.2 Å². The molecular formula is C15H22N2O4S. The molecule has 0 aromatic carbocycles. The predicted molar refractivity (Wildman–Crippen MR) is 82.0 cm³/mol. The highest BCUT2D eigenvalue weighted by Crippen LogP contribution is 2.28. The van der Waals surface area contributed by atoms with Crippen molar-refractivity contribution in [3.8, 4) is 0 Å². The number of furan rings is 1. The summed E-state index contributed by atoms with van der Waals surface area (Å²) in [6, 6.07) is 4.17. The number of nitrogens with zero attached hydrogens (tertiary/aromatic N) is 1. The first kappa shape index (κ1) is 15.6. The Balaban J connectivity index is 1.57. The number of amides is 1. The lowest BCUT2D eigenvalue weighted by Crippen LogP contribution is -2.50. The maximum atomic E-state index is 12.3. The molecule has 1 amide bonds. The predicted octanol–water partition coefficient (Wildman–Crippen LogP) is 0.937. The average Bonchev–Trinajstić information content (AvgIpc) is 3.06. The monoisotopic (exact) mass is 326 g/mol.